The number of rotatable bonds is 4. The molecule has 0 amide bonds. The summed E-state index contributed by atoms with van der Waals surface area (Å²) in [5.41, 5.74) is 5.84. The number of nitrogen functional groups attached to an aromatic ring is 1. The molecule has 19 heavy (non-hydrogen) atoms. The van der Waals surface area contributed by atoms with Crippen LogP contribution in [0, 0.1) is 5.82 Å². The second kappa shape index (κ2) is 4.98. The summed E-state index contributed by atoms with van der Waals surface area (Å²) in [5.74, 6) is -0.651. The van der Waals surface area contributed by atoms with Gasteiger partial charge in [0.15, 0.2) is 0 Å². The molecule has 6 nitrogen and oxygen atoms in total. The van der Waals surface area contributed by atoms with Crippen molar-refractivity contribution in [1.29, 1.82) is 0 Å². The lowest BCUT2D eigenvalue weighted by Gasteiger charge is -2.13. The molecule has 1 aromatic carbocycles. The number of nitrogens with zero attached hydrogens (tertiary/aromatic N) is 1. The van der Waals surface area contributed by atoms with E-state index in [2.05, 4.69) is 14.9 Å². The van der Waals surface area contributed by atoms with Crippen LogP contribution < -0.4 is 10.5 Å². The van der Waals surface area contributed by atoms with Crippen molar-refractivity contribution < 1.29 is 12.8 Å². The summed E-state index contributed by atoms with van der Waals surface area (Å²) in [5, 5.41) is 6.34. The number of H-pyrrole nitrogens is 1. The van der Waals surface area contributed by atoms with Gasteiger partial charge in [-0.15, -0.1) is 0 Å². The third-order valence-corrected chi connectivity index (χ3v) is 4.17. The summed E-state index contributed by atoms with van der Waals surface area (Å²) in [6.07, 6.45) is 3.11. The highest BCUT2D eigenvalue weighted by atomic mass is 32.2. The highest BCUT2D eigenvalue weighted by Gasteiger charge is 2.19. The second-order valence-corrected chi connectivity index (χ2v) is 5.77. The van der Waals surface area contributed by atoms with E-state index in [-0.39, 0.29) is 10.6 Å². The highest BCUT2D eigenvalue weighted by molar-refractivity contribution is 7.89. The molecule has 1 unspecified atom stereocenters. The summed E-state index contributed by atoms with van der Waals surface area (Å²) >= 11 is 0. The van der Waals surface area contributed by atoms with Crippen LogP contribution in [0.2, 0.25) is 0 Å². The van der Waals surface area contributed by atoms with Crippen LogP contribution in [0.1, 0.15) is 18.5 Å². The number of aromatic nitrogens is 2. The van der Waals surface area contributed by atoms with Crippen molar-refractivity contribution in [1.82, 2.24) is 14.9 Å². The van der Waals surface area contributed by atoms with Gasteiger partial charge in [0.25, 0.3) is 0 Å². The Kier molecular flexibility index (Phi) is 3.54. The summed E-state index contributed by atoms with van der Waals surface area (Å²) in [7, 11) is -3.76. The van der Waals surface area contributed by atoms with E-state index in [1.807, 2.05) is 0 Å². The number of aromatic amines is 1. The van der Waals surface area contributed by atoms with Crippen LogP contribution >= 0.6 is 0 Å². The molecular formula is C11H13FN4O2S. The van der Waals surface area contributed by atoms with Crippen molar-refractivity contribution in [3.8, 4) is 0 Å². The van der Waals surface area contributed by atoms with Gasteiger partial charge in [-0.25, -0.2) is 17.5 Å². The van der Waals surface area contributed by atoms with Crippen molar-refractivity contribution in [2.45, 2.75) is 17.9 Å². The van der Waals surface area contributed by atoms with Crippen LogP contribution in [-0.2, 0) is 10.0 Å². The quantitative estimate of drug-likeness (QED) is 0.733. The molecule has 0 fully saturated rings. The van der Waals surface area contributed by atoms with Crippen molar-refractivity contribution in [3.63, 3.8) is 0 Å². The number of nitrogens with one attached hydrogen (secondary N) is 2. The lowest BCUT2D eigenvalue weighted by molar-refractivity contribution is 0.566. The SMILES string of the molecule is CC(NS(=O)(=O)c1ccc(F)c(N)c1)c1cn[nH]c1. The Bertz CT molecular complexity index is 670. The van der Waals surface area contributed by atoms with Crippen LogP contribution in [0.4, 0.5) is 10.1 Å². The molecule has 102 valence electrons. The molecule has 0 saturated heterocycles. The molecule has 1 aromatic heterocycles. The number of hydrogen-bond donors (Lipinski definition) is 3. The molecular weight excluding hydrogens is 271 g/mol. The lowest BCUT2D eigenvalue weighted by atomic mass is 10.2. The van der Waals surface area contributed by atoms with Crippen molar-refractivity contribution in [2.24, 2.45) is 0 Å². The first-order chi connectivity index (χ1) is 8.90. The molecule has 1 atom stereocenters. The first-order valence-electron chi connectivity index (χ1n) is 5.46. The van der Waals surface area contributed by atoms with E-state index in [1.54, 1.807) is 13.1 Å². The van der Waals surface area contributed by atoms with Gasteiger partial charge in [-0.2, -0.15) is 5.10 Å². The maximum atomic E-state index is 13.0. The van der Waals surface area contributed by atoms with Gasteiger partial charge in [-0.3, -0.25) is 5.10 Å². The van der Waals surface area contributed by atoms with Crippen LogP contribution in [0.25, 0.3) is 0 Å². The third kappa shape index (κ3) is 2.91. The minimum atomic E-state index is -3.76. The Labute approximate surface area is 109 Å². The van der Waals surface area contributed by atoms with Crippen LogP contribution in [-0.4, -0.2) is 18.6 Å². The topological polar surface area (TPSA) is 101 Å². The monoisotopic (exact) mass is 284 g/mol. The molecule has 0 aliphatic heterocycles. The Hall–Kier alpha value is -1.93. The van der Waals surface area contributed by atoms with E-state index in [9.17, 15) is 12.8 Å². The standard InChI is InChI=1S/C11H13FN4O2S/c1-7(8-5-14-15-6-8)16-19(17,18)9-2-3-10(12)11(13)4-9/h2-7,16H,13H2,1H3,(H,14,15). The zero-order valence-electron chi connectivity index (χ0n) is 10.1. The molecule has 0 aliphatic carbocycles. The highest BCUT2D eigenvalue weighted by Crippen LogP contribution is 2.19. The molecule has 0 bridgehead atoms. The Morgan fingerprint density at radius 2 is 2.21 bits per heavy atom. The first-order valence-corrected chi connectivity index (χ1v) is 6.94. The number of benzene rings is 1. The van der Waals surface area contributed by atoms with Crippen molar-refractivity contribution in [2.75, 3.05) is 5.73 Å². The average molecular weight is 284 g/mol. The Morgan fingerprint density at radius 3 is 2.79 bits per heavy atom. The molecule has 1 heterocycles. The van der Waals surface area contributed by atoms with E-state index in [0.717, 1.165) is 18.2 Å². The van der Waals surface area contributed by atoms with Gasteiger partial charge < -0.3 is 5.73 Å². The fraction of sp³-hybridized carbons (Fsp3) is 0.182. The van der Waals surface area contributed by atoms with Crippen LogP contribution in [0.3, 0.4) is 0 Å². The number of anilines is 1. The molecule has 0 spiro atoms. The van der Waals surface area contributed by atoms with Gasteiger partial charge in [0.1, 0.15) is 5.82 Å². The largest absolute Gasteiger partial charge is 0.396 e. The minimum absolute atomic E-state index is 0.0817. The molecule has 2 rings (SSSR count). The van der Waals surface area contributed by atoms with Gasteiger partial charge in [0.2, 0.25) is 10.0 Å². The number of halogens is 1. The van der Waals surface area contributed by atoms with E-state index in [1.165, 1.54) is 6.20 Å². The van der Waals surface area contributed by atoms with Gasteiger partial charge in [-0.1, -0.05) is 0 Å². The summed E-state index contributed by atoms with van der Waals surface area (Å²) in [4.78, 5) is -0.0817. The lowest BCUT2D eigenvalue weighted by Crippen LogP contribution is -2.26. The van der Waals surface area contributed by atoms with Gasteiger partial charge in [0.05, 0.1) is 16.8 Å². The van der Waals surface area contributed by atoms with Gasteiger partial charge in [-0.05, 0) is 25.1 Å². The molecule has 4 N–H and O–H groups in total. The zero-order chi connectivity index (χ0) is 14.0. The maximum Gasteiger partial charge on any atom is 0.241 e. The fourth-order valence-electron chi connectivity index (χ4n) is 1.56. The normalized spacial score (nSPS) is 13.4. The van der Waals surface area contributed by atoms with E-state index < -0.39 is 21.9 Å². The number of hydrogen-bond acceptors (Lipinski definition) is 4. The molecule has 2 aromatic rings. The summed E-state index contributed by atoms with van der Waals surface area (Å²) in [6.45, 7) is 1.68. The molecule has 8 heteroatoms. The Balaban J connectivity index is 2.25. The zero-order valence-corrected chi connectivity index (χ0v) is 10.9. The van der Waals surface area contributed by atoms with Gasteiger partial charge >= 0.3 is 0 Å². The van der Waals surface area contributed by atoms with Crippen LogP contribution in [0.15, 0.2) is 35.5 Å². The first kappa shape index (κ1) is 13.5. The van der Waals surface area contributed by atoms with Crippen molar-refractivity contribution >= 4 is 15.7 Å². The van der Waals surface area contributed by atoms with Crippen LogP contribution in [0.5, 0.6) is 0 Å². The predicted molar refractivity (Wildman–Crippen MR) is 68.1 cm³/mol. The van der Waals surface area contributed by atoms with Gasteiger partial charge in [0, 0.05) is 17.8 Å². The average Bonchev–Trinajstić information content (AvgIpc) is 2.85. The van der Waals surface area contributed by atoms with Crippen molar-refractivity contribution in [3.05, 3.63) is 42.0 Å². The second-order valence-electron chi connectivity index (χ2n) is 4.06. The van der Waals surface area contributed by atoms with E-state index >= 15 is 0 Å². The third-order valence-electron chi connectivity index (χ3n) is 2.63. The van der Waals surface area contributed by atoms with E-state index in [4.69, 9.17) is 5.73 Å². The summed E-state index contributed by atoms with van der Waals surface area (Å²) < 4.78 is 39.6. The minimum Gasteiger partial charge on any atom is -0.396 e. The molecule has 0 saturated carbocycles. The number of sulfonamides is 1. The summed E-state index contributed by atoms with van der Waals surface area (Å²) in [6, 6.07) is 2.80. The van der Waals surface area contributed by atoms with E-state index in [0.29, 0.717) is 5.56 Å². The smallest absolute Gasteiger partial charge is 0.241 e. The number of nitrogens with two attached hydrogens (primary N) is 1. The maximum absolute atomic E-state index is 13.0. The Morgan fingerprint density at radius 1 is 1.47 bits per heavy atom. The molecule has 0 radical (unpaired) electrons. The predicted octanol–water partition coefficient (Wildman–Crippen LogP) is 1.17. The molecule has 0 aliphatic rings. The fourth-order valence-corrected chi connectivity index (χ4v) is 2.82.